The zero-order chi connectivity index (χ0) is 9.40. The van der Waals surface area contributed by atoms with E-state index in [0.29, 0.717) is 13.1 Å². The molecule has 5 heteroatoms. The van der Waals surface area contributed by atoms with Gasteiger partial charge in [0, 0.05) is 13.7 Å². The molecule has 6 N–H and O–H groups in total. The SMILES string of the molecule is CNC(=O)C(N)CCCNCN. The van der Waals surface area contributed by atoms with E-state index in [9.17, 15) is 4.79 Å². The van der Waals surface area contributed by atoms with E-state index in [1.165, 1.54) is 0 Å². The fourth-order valence-corrected chi connectivity index (χ4v) is 0.866. The van der Waals surface area contributed by atoms with Crippen LogP contribution in [-0.2, 0) is 4.79 Å². The summed E-state index contributed by atoms with van der Waals surface area (Å²) in [5.41, 5.74) is 10.7. The van der Waals surface area contributed by atoms with Crippen LogP contribution < -0.4 is 22.1 Å². The number of nitrogens with one attached hydrogen (secondary N) is 2. The van der Waals surface area contributed by atoms with Crippen molar-refractivity contribution in [1.82, 2.24) is 10.6 Å². The van der Waals surface area contributed by atoms with Gasteiger partial charge < -0.3 is 22.1 Å². The number of hydrogen-bond donors (Lipinski definition) is 4. The van der Waals surface area contributed by atoms with E-state index >= 15 is 0 Å². The van der Waals surface area contributed by atoms with Gasteiger partial charge in [0.05, 0.1) is 6.04 Å². The predicted octanol–water partition coefficient (Wildman–Crippen LogP) is -1.65. The lowest BCUT2D eigenvalue weighted by atomic mass is 10.1. The third-order valence-electron chi connectivity index (χ3n) is 1.60. The number of carbonyl (C=O) groups is 1. The summed E-state index contributed by atoms with van der Waals surface area (Å²) in [7, 11) is 1.58. The lowest BCUT2D eigenvalue weighted by Gasteiger charge is -2.09. The molecular formula is C7H18N4O. The molecule has 1 atom stereocenters. The molecule has 0 saturated carbocycles. The van der Waals surface area contributed by atoms with Crippen molar-refractivity contribution in [3.05, 3.63) is 0 Å². The van der Waals surface area contributed by atoms with Gasteiger partial charge in [-0.1, -0.05) is 0 Å². The lowest BCUT2D eigenvalue weighted by Crippen LogP contribution is -2.39. The molecular weight excluding hydrogens is 156 g/mol. The first-order valence-corrected chi connectivity index (χ1v) is 4.10. The molecule has 0 saturated heterocycles. The second kappa shape index (κ2) is 7.02. The van der Waals surface area contributed by atoms with Gasteiger partial charge in [-0.15, -0.1) is 0 Å². The van der Waals surface area contributed by atoms with Gasteiger partial charge in [-0.05, 0) is 19.4 Å². The highest BCUT2D eigenvalue weighted by Gasteiger charge is 2.09. The standard InChI is InChI=1S/C7H18N4O/c1-10-7(12)6(9)3-2-4-11-5-8/h6,11H,2-5,8-9H2,1H3,(H,10,12). The third kappa shape index (κ3) is 5.06. The van der Waals surface area contributed by atoms with E-state index in [4.69, 9.17) is 11.5 Å². The molecule has 0 aliphatic rings. The number of likely N-dealkylation sites (N-methyl/N-ethyl adjacent to an activating group) is 1. The Morgan fingerprint density at radius 1 is 1.58 bits per heavy atom. The molecule has 0 heterocycles. The average molecular weight is 174 g/mol. The Balaban J connectivity index is 3.31. The molecule has 0 aromatic rings. The van der Waals surface area contributed by atoms with Gasteiger partial charge in [0.15, 0.2) is 0 Å². The van der Waals surface area contributed by atoms with Gasteiger partial charge in [0.2, 0.25) is 5.91 Å². The highest BCUT2D eigenvalue weighted by molar-refractivity contribution is 5.81. The van der Waals surface area contributed by atoms with Crippen LogP contribution in [-0.4, -0.2) is 32.2 Å². The average Bonchev–Trinajstić information content (AvgIpc) is 2.10. The first-order valence-electron chi connectivity index (χ1n) is 4.10. The Hall–Kier alpha value is -0.650. The molecule has 1 amide bonds. The maximum absolute atomic E-state index is 10.9. The van der Waals surface area contributed by atoms with E-state index in [2.05, 4.69) is 10.6 Å². The van der Waals surface area contributed by atoms with Crippen molar-refractivity contribution in [3.63, 3.8) is 0 Å². The summed E-state index contributed by atoms with van der Waals surface area (Å²) < 4.78 is 0. The second-order valence-electron chi connectivity index (χ2n) is 2.57. The summed E-state index contributed by atoms with van der Waals surface area (Å²) >= 11 is 0. The molecule has 0 rings (SSSR count). The first kappa shape index (κ1) is 11.4. The molecule has 0 aromatic heterocycles. The summed E-state index contributed by atoms with van der Waals surface area (Å²) in [6, 6.07) is -0.394. The molecule has 12 heavy (non-hydrogen) atoms. The molecule has 5 nitrogen and oxygen atoms in total. The first-order chi connectivity index (χ1) is 5.72. The summed E-state index contributed by atoms with van der Waals surface area (Å²) in [6.07, 6.45) is 1.55. The van der Waals surface area contributed by atoms with E-state index < -0.39 is 6.04 Å². The van der Waals surface area contributed by atoms with Crippen molar-refractivity contribution in [2.24, 2.45) is 11.5 Å². The highest BCUT2D eigenvalue weighted by atomic mass is 16.2. The van der Waals surface area contributed by atoms with Crippen LogP contribution in [0.3, 0.4) is 0 Å². The van der Waals surface area contributed by atoms with Crippen LogP contribution in [0.25, 0.3) is 0 Å². The van der Waals surface area contributed by atoms with Crippen molar-refractivity contribution in [2.45, 2.75) is 18.9 Å². The van der Waals surface area contributed by atoms with Crippen LogP contribution in [0.5, 0.6) is 0 Å². The number of nitrogens with two attached hydrogens (primary N) is 2. The second-order valence-corrected chi connectivity index (χ2v) is 2.57. The summed E-state index contributed by atoms with van der Waals surface area (Å²) in [5.74, 6) is -0.109. The molecule has 0 radical (unpaired) electrons. The summed E-state index contributed by atoms with van der Waals surface area (Å²) in [5, 5.41) is 5.45. The maximum Gasteiger partial charge on any atom is 0.236 e. The van der Waals surface area contributed by atoms with Gasteiger partial charge in [-0.2, -0.15) is 0 Å². The molecule has 1 unspecified atom stereocenters. The predicted molar refractivity (Wildman–Crippen MR) is 48.3 cm³/mol. The fraction of sp³-hybridized carbons (Fsp3) is 0.857. The van der Waals surface area contributed by atoms with Gasteiger partial charge in [0.1, 0.15) is 0 Å². The van der Waals surface area contributed by atoms with Crippen molar-refractivity contribution in [3.8, 4) is 0 Å². The van der Waals surface area contributed by atoms with Crippen LogP contribution in [0.15, 0.2) is 0 Å². The van der Waals surface area contributed by atoms with E-state index in [-0.39, 0.29) is 5.91 Å². The topological polar surface area (TPSA) is 93.2 Å². The number of amides is 1. The van der Waals surface area contributed by atoms with Crippen LogP contribution in [0.2, 0.25) is 0 Å². The smallest absolute Gasteiger partial charge is 0.236 e. The summed E-state index contributed by atoms with van der Waals surface area (Å²) in [4.78, 5) is 10.9. The van der Waals surface area contributed by atoms with Crippen molar-refractivity contribution in [2.75, 3.05) is 20.3 Å². The van der Waals surface area contributed by atoms with Crippen molar-refractivity contribution >= 4 is 5.91 Å². The van der Waals surface area contributed by atoms with Crippen LogP contribution in [0, 0.1) is 0 Å². The third-order valence-corrected chi connectivity index (χ3v) is 1.60. The fourth-order valence-electron chi connectivity index (χ4n) is 0.866. The minimum Gasteiger partial charge on any atom is -0.358 e. The monoisotopic (exact) mass is 174 g/mol. The molecule has 0 fully saturated rings. The van der Waals surface area contributed by atoms with Crippen LogP contribution in [0.4, 0.5) is 0 Å². The van der Waals surface area contributed by atoms with E-state index in [0.717, 1.165) is 13.0 Å². The Morgan fingerprint density at radius 3 is 2.75 bits per heavy atom. The normalized spacial score (nSPS) is 12.6. The molecule has 0 aliphatic carbocycles. The number of rotatable bonds is 6. The van der Waals surface area contributed by atoms with Gasteiger partial charge in [-0.3, -0.25) is 4.79 Å². The number of carbonyl (C=O) groups excluding carboxylic acids is 1. The van der Waals surface area contributed by atoms with Crippen molar-refractivity contribution < 1.29 is 4.79 Å². The minimum atomic E-state index is -0.394. The van der Waals surface area contributed by atoms with E-state index in [1.807, 2.05) is 0 Å². The van der Waals surface area contributed by atoms with Gasteiger partial charge in [0.25, 0.3) is 0 Å². The van der Waals surface area contributed by atoms with Crippen LogP contribution in [0.1, 0.15) is 12.8 Å². The summed E-state index contributed by atoms with van der Waals surface area (Å²) in [6.45, 7) is 1.27. The zero-order valence-electron chi connectivity index (χ0n) is 7.47. The Kier molecular flexibility index (Phi) is 6.64. The van der Waals surface area contributed by atoms with Crippen molar-refractivity contribution in [1.29, 1.82) is 0 Å². The quantitative estimate of drug-likeness (QED) is 0.286. The molecule has 0 aliphatic heterocycles. The maximum atomic E-state index is 10.9. The Bertz CT molecular complexity index is 129. The lowest BCUT2D eigenvalue weighted by molar-refractivity contribution is -0.122. The van der Waals surface area contributed by atoms with Gasteiger partial charge in [-0.25, -0.2) is 0 Å². The highest BCUT2D eigenvalue weighted by Crippen LogP contribution is 1.92. The largest absolute Gasteiger partial charge is 0.358 e. The Morgan fingerprint density at radius 2 is 2.25 bits per heavy atom. The van der Waals surface area contributed by atoms with Crippen LogP contribution >= 0.6 is 0 Å². The minimum absolute atomic E-state index is 0.109. The Labute approximate surface area is 72.9 Å². The van der Waals surface area contributed by atoms with Gasteiger partial charge >= 0.3 is 0 Å². The zero-order valence-corrected chi connectivity index (χ0v) is 7.47. The molecule has 0 bridgehead atoms. The van der Waals surface area contributed by atoms with E-state index in [1.54, 1.807) is 7.05 Å². The number of hydrogen-bond acceptors (Lipinski definition) is 4. The molecule has 0 spiro atoms. The molecule has 0 aromatic carbocycles. The molecule has 72 valence electrons.